The van der Waals surface area contributed by atoms with Crippen LogP contribution < -0.4 is 10.6 Å². The molecule has 3 aromatic rings. The second-order valence-corrected chi connectivity index (χ2v) is 9.51. The van der Waals surface area contributed by atoms with Gasteiger partial charge in [0.2, 0.25) is 5.91 Å². The van der Waals surface area contributed by atoms with Gasteiger partial charge in [0.05, 0.1) is 23.6 Å². The predicted molar refractivity (Wildman–Crippen MR) is 127 cm³/mol. The summed E-state index contributed by atoms with van der Waals surface area (Å²) in [6, 6.07) is 5.50. The molecule has 1 aliphatic heterocycles. The first-order chi connectivity index (χ1) is 16.6. The minimum Gasteiger partial charge on any atom is -0.356 e. The molecular formula is C25H33N7O2. The van der Waals surface area contributed by atoms with E-state index in [0.29, 0.717) is 24.6 Å². The minimum atomic E-state index is -0.178. The molecule has 2 amide bonds. The molecule has 0 radical (unpaired) electrons. The molecule has 2 unspecified atom stereocenters. The fourth-order valence-corrected chi connectivity index (χ4v) is 5.37. The Hall–Kier alpha value is -3.23. The fraction of sp³-hybridized carbons (Fsp3) is 0.560. The maximum Gasteiger partial charge on any atom is 0.270 e. The molecule has 4 heterocycles. The first-order valence-electron chi connectivity index (χ1n) is 12.6. The number of aromatic nitrogens is 5. The van der Waals surface area contributed by atoms with Gasteiger partial charge < -0.3 is 10.6 Å². The van der Waals surface area contributed by atoms with Crippen LogP contribution in [0.25, 0.3) is 5.65 Å². The molecule has 0 bridgehead atoms. The second-order valence-electron chi connectivity index (χ2n) is 9.51. The van der Waals surface area contributed by atoms with Crippen LogP contribution in [-0.4, -0.2) is 42.7 Å². The lowest BCUT2D eigenvalue weighted by Crippen LogP contribution is -2.37. The topological polar surface area (TPSA) is 106 Å². The second kappa shape index (κ2) is 9.95. The molecule has 0 aromatic carbocycles. The van der Waals surface area contributed by atoms with Gasteiger partial charge in [-0.2, -0.15) is 10.2 Å². The Labute approximate surface area is 199 Å². The number of piperidine rings is 1. The highest BCUT2D eigenvalue weighted by Crippen LogP contribution is 2.34. The fourth-order valence-electron chi connectivity index (χ4n) is 5.37. The standard InChI is InChI=1S/C25H33N7O2/c1-2-31-21(12-14-27-31)25(34)29-23(17-7-4-3-5-8-17)20-16-32-22(28-20)11-10-19(30-32)15-18-9-6-13-26-24(18)33/h10-12,14,16-18,23H,2-9,13,15H2,1H3,(H,26,33)(H,29,34). The van der Waals surface area contributed by atoms with Gasteiger partial charge in [0.1, 0.15) is 5.69 Å². The Balaban J connectivity index is 1.40. The highest BCUT2D eigenvalue weighted by molar-refractivity contribution is 5.92. The largest absolute Gasteiger partial charge is 0.356 e. The van der Waals surface area contributed by atoms with Crippen LogP contribution in [-0.2, 0) is 17.8 Å². The van der Waals surface area contributed by atoms with Gasteiger partial charge in [0.25, 0.3) is 5.91 Å². The van der Waals surface area contributed by atoms with Crippen LogP contribution in [0.2, 0.25) is 0 Å². The predicted octanol–water partition coefficient (Wildman–Crippen LogP) is 3.07. The Morgan fingerprint density at radius 1 is 1.18 bits per heavy atom. The van der Waals surface area contributed by atoms with Crippen molar-refractivity contribution in [2.24, 2.45) is 11.8 Å². The molecule has 9 heteroatoms. The lowest BCUT2D eigenvalue weighted by Gasteiger charge is -2.29. The number of hydrogen-bond donors (Lipinski definition) is 2. The number of nitrogens with zero attached hydrogens (tertiary/aromatic N) is 5. The maximum absolute atomic E-state index is 13.2. The number of carbonyl (C=O) groups is 2. The summed E-state index contributed by atoms with van der Waals surface area (Å²) in [4.78, 5) is 30.2. The van der Waals surface area contributed by atoms with Crippen LogP contribution in [0, 0.1) is 11.8 Å². The van der Waals surface area contributed by atoms with E-state index in [1.54, 1.807) is 21.5 Å². The molecule has 2 aliphatic rings. The Bertz CT molecular complexity index is 1160. The molecule has 2 fully saturated rings. The van der Waals surface area contributed by atoms with Crippen LogP contribution in [0.4, 0.5) is 0 Å². The van der Waals surface area contributed by atoms with E-state index >= 15 is 0 Å². The van der Waals surface area contributed by atoms with Crippen molar-refractivity contribution in [3.63, 3.8) is 0 Å². The van der Waals surface area contributed by atoms with E-state index in [9.17, 15) is 9.59 Å². The van der Waals surface area contributed by atoms with Crippen molar-refractivity contribution in [2.75, 3.05) is 6.54 Å². The number of aryl methyl sites for hydroxylation is 1. The molecular weight excluding hydrogens is 430 g/mol. The highest BCUT2D eigenvalue weighted by Gasteiger charge is 2.30. The van der Waals surface area contributed by atoms with Gasteiger partial charge in [-0.25, -0.2) is 9.50 Å². The van der Waals surface area contributed by atoms with Gasteiger partial charge in [-0.05, 0) is 56.7 Å². The molecule has 0 spiro atoms. The summed E-state index contributed by atoms with van der Waals surface area (Å²) in [7, 11) is 0. The maximum atomic E-state index is 13.2. The summed E-state index contributed by atoms with van der Waals surface area (Å²) < 4.78 is 3.51. The number of nitrogens with one attached hydrogen (secondary N) is 2. The SMILES string of the molecule is CCn1nccc1C(=O)NC(c1cn2nc(CC3CCCNC3=O)ccc2n1)C1CCCCC1. The van der Waals surface area contributed by atoms with E-state index in [-0.39, 0.29) is 23.8 Å². The summed E-state index contributed by atoms with van der Waals surface area (Å²) in [5.74, 6) is 0.306. The summed E-state index contributed by atoms with van der Waals surface area (Å²) in [5.41, 5.74) is 3.03. The van der Waals surface area contributed by atoms with Crippen molar-refractivity contribution in [2.45, 2.75) is 70.9 Å². The quantitative estimate of drug-likeness (QED) is 0.560. The van der Waals surface area contributed by atoms with Gasteiger partial charge in [-0.15, -0.1) is 0 Å². The van der Waals surface area contributed by atoms with Gasteiger partial charge in [0, 0.05) is 31.6 Å². The van der Waals surface area contributed by atoms with E-state index in [2.05, 4.69) is 15.7 Å². The molecule has 5 rings (SSSR count). The van der Waals surface area contributed by atoms with Gasteiger partial charge in [-0.1, -0.05) is 19.3 Å². The number of carbonyl (C=O) groups excluding carboxylic acids is 2. The van der Waals surface area contributed by atoms with Crippen LogP contribution in [0.15, 0.2) is 30.6 Å². The third-order valence-electron chi connectivity index (χ3n) is 7.22. The monoisotopic (exact) mass is 463 g/mol. The Morgan fingerprint density at radius 2 is 2.03 bits per heavy atom. The van der Waals surface area contributed by atoms with Crippen LogP contribution in [0.5, 0.6) is 0 Å². The van der Waals surface area contributed by atoms with E-state index in [4.69, 9.17) is 10.1 Å². The Kier molecular flexibility index (Phi) is 6.60. The van der Waals surface area contributed by atoms with Crippen molar-refractivity contribution in [3.05, 3.63) is 47.7 Å². The van der Waals surface area contributed by atoms with Crippen molar-refractivity contribution in [3.8, 4) is 0 Å². The molecule has 1 saturated heterocycles. The van der Waals surface area contributed by atoms with Crippen molar-refractivity contribution >= 4 is 17.5 Å². The molecule has 1 aliphatic carbocycles. The van der Waals surface area contributed by atoms with Crippen molar-refractivity contribution < 1.29 is 9.59 Å². The number of rotatable bonds is 7. The molecule has 2 N–H and O–H groups in total. The first kappa shape index (κ1) is 22.6. The van der Waals surface area contributed by atoms with Gasteiger partial charge >= 0.3 is 0 Å². The molecule has 34 heavy (non-hydrogen) atoms. The molecule has 9 nitrogen and oxygen atoms in total. The summed E-state index contributed by atoms with van der Waals surface area (Å²) in [6.45, 7) is 3.38. The molecule has 1 saturated carbocycles. The molecule has 2 atom stereocenters. The van der Waals surface area contributed by atoms with Crippen molar-refractivity contribution in [1.29, 1.82) is 0 Å². The highest BCUT2D eigenvalue weighted by atomic mass is 16.2. The summed E-state index contributed by atoms with van der Waals surface area (Å²) in [6.07, 6.45) is 11.9. The number of imidazole rings is 1. The lowest BCUT2D eigenvalue weighted by atomic mass is 9.82. The van der Waals surface area contributed by atoms with Crippen LogP contribution in [0.1, 0.15) is 79.8 Å². The third-order valence-corrected chi connectivity index (χ3v) is 7.22. The van der Waals surface area contributed by atoms with Crippen molar-refractivity contribution in [1.82, 2.24) is 35.0 Å². The number of amides is 2. The first-order valence-corrected chi connectivity index (χ1v) is 12.6. The Morgan fingerprint density at radius 3 is 2.82 bits per heavy atom. The van der Waals surface area contributed by atoms with E-state index in [0.717, 1.165) is 49.3 Å². The molecule has 180 valence electrons. The zero-order chi connectivity index (χ0) is 23.5. The third kappa shape index (κ3) is 4.69. The van der Waals surface area contributed by atoms with E-state index in [1.807, 2.05) is 25.3 Å². The zero-order valence-electron chi connectivity index (χ0n) is 19.7. The van der Waals surface area contributed by atoms with Gasteiger partial charge in [-0.3, -0.25) is 14.3 Å². The normalized spacial score (nSPS) is 20.3. The van der Waals surface area contributed by atoms with Gasteiger partial charge in [0.15, 0.2) is 5.65 Å². The zero-order valence-corrected chi connectivity index (χ0v) is 19.7. The van der Waals surface area contributed by atoms with Crippen LogP contribution in [0.3, 0.4) is 0 Å². The summed E-state index contributed by atoms with van der Waals surface area (Å²) in [5, 5.41) is 15.2. The smallest absolute Gasteiger partial charge is 0.270 e. The van der Waals surface area contributed by atoms with E-state index in [1.165, 1.54) is 19.3 Å². The average molecular weight is 464 g/mol. The summed E-state index contributed by atoms with van der Waals surface area (Å²) >= 11 is 0. The number of hydrogen-bond acceptors (Lipinski definition) is 5. The average Bonchev–Trinajstić information content (AvgIpc) is 3.51. The minimum absolute atomic E-state index is 0.0283. The lowest BCUT2D eigenvalue weighted by molar-refractivity contribution is -0.126. The number of fused-ring (bicyclic) bond motifs is 1. The van der Waals surface area contributed by atoms with Crippen LogP contribution >= 0.6 is 0 Å². The van der Waals surface area contributed by atoms with E-state index < -0.39 is 0 Å². The molecule has 3 aromatic heterocycles.